The SMILES string of the molecule is C[C@H](CNC(=O)[C@@H]1CC(=O)N(Cc2ccccc2)C1)c1ccccc1. The number of rotatable bonds is 6. The maximum atomic E-state index is 12.4. The number of likely N-dealkylation sites (tertiary alicyclic amines) is 1. The van der Waals surface area contributed by atoms with Gasteiger partial charge >= 0.3 is 0 Å². The molecule has 0 saturated carbocycles. The number of carbonyl (C=O) groups is 2. The van der Waals surface area contributed by atoms with Gasteiger partial charge in [0.1, 0.15) is 0 Å². The van der Waals surface area contributed by atoms with Gasteiger partial charge in [-0.1, -0.05) is 67.6 Å². The van der Waals surface area contributed by atoms with Crippen LogP contribution in [0.4, 0.5) is 0 Å². The van der Waals surface area contributed by atoms with Crippen molar-refractivity contribution in [1.29, 1.82) is 0 Å². The van der Waals surface area contributed by atoms with E-state index in [2.05, 4.69) is 24.4 Å². The topological polar surface area (TPSA) is 49.4 Å². The van der Waals surface area contributed by atoms with E-state index in [0.717, 1.165) is 5.56 Å². The summed E-state index contributed by atoms with van der Waals surface area (Å²) in [4.78, 5) is 26.4. The van der Waals surface area contributed by atoms with E-state index in [4.69, 9.17) is 0 Å². The fourth-order valence-electron chi connectivity index (χ4n) is 3.20. The molecule has 3 rings (SSSR count). The fraction of sp³-hybridized carbons (Fsp3) is 0.333. The summed E-state index contributed by atoms with van der Waals surface area (Å²) in [7, 11) is 0. The maximum absolute atomic E-state index is 12.4. The Balaban J connectivity index is 1.51. The van der Waals surface area contributed by atoms with Gasteiger partial charge in [-0.15, -0.1) is 0 Å². The Morgan fingerprint density at radius 1 is 1.12 bits per heavy atom. The molecule has 0 aromatic heterocycles. The van der Waals surface area contributed by atoms with Crippen molar-refractivity contribution in [3.05, 3.63) is 71.8 Å². The molecule has 1 heterocycles. The summed E-state index contributed by atoms with van der Waals surface area (Å²) in [6.07, 6.45) is 0.304. The van der Waals surface area contributed by atoms with E-state index in [9.17, 15) is 9.59 Å². The van der Waals surface area contributed by atoms with E-state index in [-0.39, 0.29) is 23.7 Å². The molecule has 0 aliphatic carbocycles. The minimum absolute atomic E-state index is 0.0216. The molecule has 0 radical (unpaired) electrons. The minimum Gasteiger partial charge on any atom is -0.355 e. The summed E-state index contributed by atoms with van der Waals surface area (Å²) in [6, 6.07) is 20.0. The number of nitrogens with one attached hydrogen (secondary N) is 1. The number of hydrogen-bond acceptors (Lipinski definition) is 2. The van der Waals surface area contributed by atoms with Crippen LogP contribution in [0.25, 0.3) is 0 Å². The molecule has 1 fully saturated rings. The molecular weight excluding hydrogens is 312 g/mol. The Labute approximate surface area is 148 Å². The first kappa shape index (κ1) is 17.2. The quantitative estimate of drug-likeness (QED) is 0.882. The van der Waals surface area contributed by atoms with Crippen LogP contribution in [-0.4, -0.2) is 29.8 Å². The van der Waals surface area contributed by atoms with Gasteiger partial charge in [0.25, 0.3) is 0 Å². The molecule has 130 valence electrons. The predicted octanol–water partition coefficient (Wildman–Crippen LogP) is 2.96. The van der Waals surface area contributed by atoms with Gasteiger partial charge in [-0.25, -0.2) is 0 Å². The summed E-state index contributed by atoms with van der Waals surface area (Å²) >= 11 is 0. The molecule has 1 N–H and O–H groups in total. The molecule has 4 heteroatoms. The Bertz CT molecular complexity index is 715. The van der Waals surface area contributed by atoms with E-state index >= 15 is 0 Å². The van der Waals surface area contributed by atoms with Crippen LogP contribution in [0.5, 0.6) is 0 Å². The molecule has 2 atom stereocenters. The van der Waals surface area contributed by atoms with E-state index < -0.39 is 0 Å². The first-order valence-electron chi connectivity index (χ1n) is 8.78. The third kappa shape index (κ3) is 4.47. The second-order valence-corrected chi connectivity index (χ2v) is 6.72. The molecule has 0 spiro atoms. The molecule has 2 amide bonds. The van der Waals surface area contributed by atoms with Crippen LogP contribution in [-0.2, 0) is 16.1 Å². The maximum Gasteiger partial charge on any atom is 0.225 e. The van der Waals surface area contributed by atoms with E-state index in [1.54, 1.807) is 4.90 Å². The van der Waals surface area contributed by atoms with Crippen molar-refractivity contribution in [3.63, 3.8) is 0 Å². The van der Waals surface area contributed by atoms with Crippen molar-refractivity contribution in [2.45, 2.75) is 25.8 Å². The number of amides is 2. The van der Waals surface area contributed by atoms with Gasteiger partial charge in [-0.2, -0.15) is 0 Å². The van der Waals surface area contributed by atoms with Crippen LogP contribution in [0.2, 0.25) is 0 Å². The number of carbonyl (C=O) groups excluding carboxylic acids is 2. The zero-order chi connectivity index (χ0) is 17.6. The van der Waals surface area contributed by atoms with Gasteiger partial charge in [0.05, 0.1) is 5.92 Å². The molecule has 1 saturated heterocycles. The molecule has 4 nitrogen and oxygen atoms in total. The van der Waals surface area contributed by atoms with Crippen molar-refractivity contribution in [1.82, 2.24) is 10.2 Å². The van der Waals surface area contributed by atoms with Crippen molar-refractivity contribution in [2.75, 3.05) is 13.1 Å². The Hall–Kier alpha value is -2.62. The van der Waals surface area contributed by atoms with Gasteiger partial charge in [0.15, 0.2) is 0 Å². The lowest BCUT2D eigenvalue weighted by Crippen LogP contribution is -2.34. The Morgan fingerprint density at radius 2 is 1.76 bits per heavy atom. The van der Waals surface area contributed by atoms with Gasteiger partial charge in [0.2, 0.25) is 11.8 Å². The van der Waals surface area contributed by atoms with Crippen molar-refractivity contribution in [2.24, 2.45) is 5.92 Å². The zero-order valence-corrected chi connectivity index (χ0v) is 14.5. The first-order valence-corrected chi connectivity index (χ1v) is 8.78. The summed E-state index contributed by atoms with van der Waals surface area (Å²) in [5.41, 5.74) is 2.30. The number of hydrogen-bond donors (Lipinski definition) is 1. The molecule has 0 bridgehead atoms. The third-order valence-electron chi connectivity index (χ3n) is 4.75. The Morgan fingerprint density at radius 3 is 2.44 bits per heavy atom. The Kier molecular flexibility index (Phi) is 5.49. The molecule has 2 aromatic carbocycles. The van der Waals surface area contributed by atoms with Gasteiger partial charge < -0.3 is 10.2 Å². The number of benzene rings is 2. The van der Waals surface area contributed by atoms with Crippen molar-refractivity contribution < 1.29 is 9.59 Å². The first-order chi connectivity index (χ1) is 12.1. The molecule has 2 aromatic rings. The van der Waals surface area contributed by atoms with Crippen molar-refractivity contribution in [3.8, 4) is 0 Å². The summed E-state index contributed by atoms with van der Waals surface area (Å²) < 4.78 is 0. The third-order valence-corrected chi connectivity index (χ3v) is 4.75. The zero-order valence-electron chi connectivity index (χ0n) is 14.5. The molecule has 1 aliphatic heterocycles. The monoisotopic (exact) mass is 336 g/mol. The smallest absolute Gasteiger partial charge is 0.225 e. The molecule has 25 heavy (non-hydrogen) atoms. The van der Waals surface area contributed by atoms with Crippen LogP contribution in [0, 0.1) is 5.92 Å². The summed E-state index contributed by atoms with van der Waals surface area (Å²) in [6.45, 7) is 3.76. The van der Waals surface area contributed by atoms with E-state index in [1.165, 1.54) is 5.56 Å². The summed E-state index contributed by atoms with van der Waals surface area (Å²) in [5.74, 6) is 0.0358. The standard InChI is InChI=1S/C21H24N2O2/c1-16(18-10-6-3-7-11-18)13-22-21(25)19-12-20(24)23(15-19)14-17-8-4-2-5-9-17/h2-11,16,19H,12-15H2,1H3,(H,22,25)/t16-,19-/m1/s1. The average Bonchev–Trinajstić information content (AvgIpc) is 3.01. The fourth-order valence-corrected chi connectivity index (χ4v) is 3.20. The second kappa shape index (κ2) is 7.97. The highest BCUT2D eigenvalue weighted by Crippen LogP contribution is 2.21. The lowest BCUT2D eigenvalue weighted by molar-refractivity contribution is -0.129. The van der Waals surface area contributed by atoms with Crippen LogP contribution < -0.4 is 5.32 Å². The molecule has 0 unspecified atom stereocenters. The van der Waals surface area contributed by atoms with Crippen LogP contribution in [0.3, 0.4) is 0 Å². The van der Waals surface area contributed by atoms with E-state index in [0.29, 0.717) is 26.1 Å². The average molecular weight is 336 g/mol. The lowest BCUT2D eigenvalue weighted by atomic mass is 10.0. The lowest BCUT2D eigenvalue weighted by Gasteiger charge is -2.17. The van der Waals surface area contributed by atoms with E-state index in [1.807, 2.05) is 48.5 Å². The summed E-state index contributed by atoms with van der Waals surface area (Å²) in [5, 5.41) is 3.01. The minimum atomic E-state index is -0.251. The molecule has 1 aliphatic rings. The second-order valence-electron chi connectivity index (χ2n) is 6.72. The van der Waals surface area contributed by atoms with Gasteiger partial charge in [-0.3, -0.25) is 9.59 Å². The highest BCUT2D eigenvalue weighted by molar-refractivity contribution is 5.89. The normalized spacial score (nSPS) is 18.2. The van der Waals surface area contributed by atoms with Gasteiger partial charge in [-0.05, 0) is 17.0 Å². The van der Waals surface area contributed by atoms with Gasteiger partial charge in [0, 0.05) is 26.1 Å². The molecular formula is C21H24N2O2. The van der Waals surface area contributed by atoms with Crippen LogP contribution >= 0.6 is 0 Å². The number of nitrogens with zero attached hydrogens (tertiary/aromatic N) is 1. The largest absolute Gasteiger partial charge is 0.355 e. The van der Waals surface area contributed by atoms with Crippen molar-refractivity contribution >= 4 is 11.8 Å². The highest BCUT2D eigenvalue weighted by atomic mass is 16.2. The van der Waals surface area contributed by atoms with Crippen LogP contribution in [0.15, 0.2) is 60.7 Å². The van der Waals surface area contributed by atoms with Crippen LogP contribution in [0.1, 0.15) is 30.4 Å². The predicted molar refractivity (Wildman–Crippen MR) is 97.8 cm³/mol. The highest BCUT2D eigenvalue weighted by Gasteiger charge is 2.34.